The van der Waals surface area contributed by atoms with Crippen molar-refractivity contribution >= 4 is 5.65 Å². The molecule has 1 aliphatic rings. The number of rotatable bonds is 4. The summed E-state index contributed by atoms with van der Waals surface area (Å²) < 4.78 is 5.77. The molecule has 132 valence electrons. The predicted molar refractivity (Wildman–Crippen MR) is 95.7 cm³/mol. The molecule has 0 aliphatic heterocycles. The molecule has 2 atom stereocenters. The van der Waals surface area contributed by atoms with Crippen LogP contribution in [0.2, 0.25) is 0 Å². The third-order valence-corrected chi connectivity index (χ3v) is 5.19. The molecule has 8 nitrogen and oxygen atoms in total. The van der Waals surface area contributed by atoms with Crippen LogP contribution in [0.5, 0.6) is 0 Å². The summed E-state index contributed by atoms with van der Waals surface area (Å²) in [5, 5.41) is 22.0. The average molecular weight is 348 g/mol. The highest BCUT2D eigenvalue weighted by Crippen LogP contribution is 2.54. The maximum atomic E-state index is 4.85. The van der Waals surface area contributed by atoms with E-state index in [1.807, 2.05) is 41.7 Å². The molecule has 8 heteroatoms. The molecule has 26 heavy (non-hydrogen) atoms. The minimum atomic E-state index is 0.456. The lowest BCUT2D eigenvalue weighted by Crippen LogP contribution is -2.03. The molecule has 0 aromatic carbocycles. The van der Waals surface area contributed by atoms with E-state index in [-0.39, 0.29) is 0 Å². The van der Waals surface area contributed by atoms with Gasteiger partial charge in [-0.1, -0.05) is 0 Å². The van der Waals surface area contributed by atoms with E-state index in [0.29, 0.717) is 11.8 Å². The van der Waals surface area contributed by atoms with Crippen LogP contribution in [0, 0.1) is 6.92 Å². The first-order valence-electron chi connectivity index (χ1n) is 8.90. The van der Waals surface area contributed by atoms with Crippen molar-refractivity contribution in [3.05, 3.63) is 47.7 Å². The van der Waals surface area contributed by atoms with E-state index in [1.54, 1.807) is 4.52 Å². The van der Waals surface area contributed by atoms with Crippen molar-refractivity contribution in [3.63, 3.8) is 0 Å². The Morgan fingerprint density at radius 2 is 2.00 bits per heavy atom. The second-order valence-corrected chi connectivity index (χ2v) is 6.83. The highest BCUT2D eigenvalue weighted by Gasteiger charge is 2.43. The maximum Gasteiger partial charge on any atom is 0.177 e. The summed E-state index contributed by atoms with van der Waals surface area (Å²) >= 11 is 0. The molecule has 4 aromatic rings. The monoisotopic (exact) mass is 348 g/mol. The lowest BCUT2D eigenvalue weighted by Gasteiger charge is -2.04. The van der Waals surface area contributed by atoms with Gasteiger partial charge in [0.1, 0.15) is 5.69 Å². The molecule has 0 spiro atoms. The molecule has 0 amide bonds. The SMILES string of the molecule is CCn1nc(C2CC2c2ccnn2C)cc1-c1ccc2nnc(C)n2n1. The summed E-state index contributed by atoms with van der Waals surface area (Å²) in [6, 6.07) is 8.22. The van der Waals surface area contributed by atoms with Gasteiger partial charge in [-0.15, -0.1) is 10.2 Å². The first-order valence-corrected chi connectivity index (χ1v) is 8.90. The van der Waals surface area contributed by atoms with Crippen LogP contribution in [0.3, 0.4) is 0 Å². The van der Waals surface area contributed by atoms with Gasteiger partial charge >= 0.3 is 0 Å². The number of aryl methyl sites for hydroxylation is 3. The van der Waals surface area contributed by atoms with Crippen LogP contribution in [0.15, 0.2) is 30.5 Å². The van der Waals surface area contributed by atoms with Gasteiger partial charge in [0.25, 0.3) is 0 Å². The van der Waals surface area contributed by atoms with Gasteiger partial charge in [-0.25, -0.2) is 0 Å². The lowest BCUT2D eigenvalue weighted by molar-refractivity contribution is 0.647. The quantitative estimate of drug-likeness (QED) is 0.565. The molecule has 5 rings (SSSR count). The largest absolute Gasteiger partial charge is 0.272 e. The van der Waals surface area contributed by atoms with Gasteiger partial charge < -0.3 is 0 Å². The molecule has 1 saturated carbocycles. The minimum absolute atomic E-state index is 0.456. The number of hydrogen-bond donors (Lipinski definition) is 0. The molecule has 1 aliphatic carbocycles. The molecular formula is C18H20N8. The predicted octanol–water partition coefficient (Wildman–Crippen LogP) is 2.32. The van der Waals surface area contributed by atoms with E-state index < -0.39 is 0 Å². The van der Waals surface area contributed by atoms with Gasteiger partial charge in [0, 0.05) is 37.3 Å². The van der Waals surface area contributed by atoms with Gasteiger partial charge in [-0.05, 0) is 44.5 Å². The van der Waals surface area contributed by atoms with E-state index in [4.69, 9.17) is 10.2 Å². The molecule has 1 fully saturated rings. The molecule has 4 heterocycles. The second-order valence-electron chi connectivity index (χ2n) is 6.83. The van der Waals surface area contributed by atoms with Crippen LogP contribution < -0.4 is 0 Å². The van der Waals surface area contributed by atoms with Gasteiger partial charge in [0.15, 0.2) is 11.5 Å². The van der Waals surface area contributed by atoms with Crippen LogP contribution in [0.1, 0.15) is 42.4 Å². The van der Waals surface area contributed by atoms with Crippen molar-refractivity contribution in [2.24, 2.45) is 7.05 Å². The highest BCUT2D eigenvalue weighted by molar-refractivity contribution is 5.57. The zero-order valence-electron chi connectivity index (χ0n) is 15.0. The number of nitrogens with zero attached hydrogens (tertiary/aromatic N) is 8. The van der Waals surface area contributed by atoms with E-state index in [9.17, 15) is 0 Å². The van der Waals surface area contributed by atoms with Crippen LogP contribution in [-0.2, 0) is 13.6 Å². The smallest absolute Gasteiger partial charge is 0.177 e. The van der Waals surface area contributed by atoms with Crippen molar-refractivity contribution in [3.8, 4) is 11.4 Å². The van der Waals surface area contributed by atoms with Crippen molar-refractivity contribution in [2.75, 3.05) is 0 Å². The van der Waals surface area contributed by atoms with Crippen molar-refractivity contribution in [2.45, 2.75) is 38.6 Å². The Morgan fingerprint density at radius 1 is 1.12 bits per heavy atom. The van der Waals surface area contributed by atoms with Crippen LogP contribution >= 0.6 is 0 Å². The molecule has 0 N–H and O–H groups in total. The summed E-state index contributed by atoms with van der Waals surface area (Å²) in [6.45, 7) is 4.82. The van der Waals surface area contributed by atoms with E-state index >= 15 is 0 Å². The zero-order valence-corrected chi connectivity index (χ0v) is 15.0. The fraction of sp³-hybridized carbons (Fsp3) is 0.389. The molecular weight excluding hydrogens is 328 g/mol. The third-order valence-electron chi connectivity index (χ3n) is 5.19. The lowest BCUT2D eigenvalue weighted by atomic mass is 10.1. The van der Waals surface area contributed by atoms with Crippen LogP contribution in [0.25, 0.3) is 17.0 Å². The Kier molecular flexibility index (Phi) is 3.22. The first kappa shape index (κ1) is 15.2. The Labute approximate surface area is 150 Å². The van der Waals surface area contributed by atoms with Crippen molar-refractivity contribution in [1.82, 2.24) is 39.4 Å². The Bertz CT molecular complexity index is 1100. The number of hydrogen-bond acceptors (Lipinski definition) is 5. The second kappa shape index (κ2) is 5.48. The minimum Gasteiger partial charge on any atom is -0.272 e. The van der Waals surface area contributed by atoms with Crippen molar-refractivity contribution in [1.29, 1.82) is 0 Å². The topological polar surface area (TPSA) is 78.7 Å². The Balaban J connectivity index is 1.52. The van der Waals surface area contributed by atoms with Crippen molar-refractivity contribution < 1.29 is 0 Å². The highest BCUT2D eigenvalue weighted by atomic mass is 15.4. The van der Waals surface area contributed by atoms with Crippen LogP contribution in [0.4, 0.5) is 0 Å². The summed E-state index contributed by atoms with van der Waals surface area (Å²) in [7, 11) is 2.00. The summed E-state index contributed by atoms with van der Waals surface area (Å²) in [6.07, 6.45) is 2.98. The third kappa shape index (κ3) is 2.25. The van der Waals surface area contributed by atoms with Gasteiger partial charge in [-0.2, -0.15) is 19.8 Å². The van der Waals surface area contributed by atoms with Gasteiger partial charge in [0.2, 0.25) is 0 Å². The molecule has 0 saturated heterocycles. The fourth-order valence-electron chi connectivity index (χ4n) is 3.69. The molecule has 0 radical (unpaired) electrons. The summed E-state index contributed by atoms with van der Waals surface area (Å²) in [5.41, 5.74) is 5.09. The Hall–Kier alpha value is -3.03. The Morgan fingerprint density at radius 3 is 2.77 bits per heavy atom. The van der Waals surface area contributed by atoms with E-state index in [2.05, 4.69) is 34.4 Å². The molecule has 4 aromatic heterocycles. The number of aromatic nitrogens is 8. The number of fused-ring (bicyclic) bond motifs is 1. The molecule has 0 bridgehead atoms. The van der Waals surface area contributed by atoms with E-state index in [1.165, 1.54) is 5.69 Å². The van der Waals surface area contributed by atoms with Crippen LogP contribution in [-0.4, -0.2) is 39.4 Å². The van der Waals surface area contributed by atoms with Gasteiger partial charge in [-0.3, -0.25) is 9.36 Å². The molecule has 2 unspecified atom stereocenters. The van der Waals surface area contributed by atoms with Gasteiger partial charge in [0.05, 0.1) is 11.4 Å². The summed E-state index contributed by atoms with van der Waals surface area (Å²) in [4.78, 5) is 0. The van der Waals surface area contributed by atoms with E-state index in [0.717, 1.165) is 41.5 Å². The maximum absolute atomic E-state index is 4.85. The first-order chi connectivity index (χ1) is 12.7. The summed E-state index contributed by atoms with van der Waals surface area (Å²) in [5.74, 6) is 1.74. The standard InChI is InChI=1S/C18H20N8/c1-4-25-17(14-5-6-18-21-20-11(2)26(18)23-14)10-15(22-25)12-9-13(12)16-7-8-19-24(16)3/h5-8,10,12-13H,4,9H2,1-3H3. The average Bonchev–Trinajstić information content (AvgIpc) is 2.97. The fourth-order valence-corrected chi connectivity index (χ4v) is 3.69. The normalized spacial score (nSPS) is 19.3. The zero-order chi connectivity index (χ0) is 17.8.